The fraction of sp³-hybridized carbons (Fsp3) is 0.200. The largest absolute Gasteiger partial charge is 0.486 e. The van der Waals surface area contributed by atoms with Crippen LogP contribution in [0.25, 0.3) is 0 Å². The van der Waals surface area contributed by atoms with Crippen LogP contribution in [0, 0.1) is 0 Å². The molecule has 4 nitrogen and oxygen atoms in total. The third kappa shape index (κ3) is 2.79. The van der Waals surface area contributed by atoms with Gasteiger partial charge in [-0.25, -0.2) is 0 Å². The van der Waals surface area contributed by atoms with Crippen LogP contribution in [0.1, 0.15) is 5.56 Å². The maximum Gasteiger partial charge on any atom is 0.157 e. The zero-order valence-corrected chi connectivity index (χ0v) is 9.81. The van der Waals surface area contributed by atoms with E-state index in [1.165, 1.54) is 0 Å². The van der Waals surface area contributed by atoms with E-state index < -0.39 is 0 Å². The monoisotopic (exact) mass is 267 g/mol. The molecule has 0 aliphatic heterocycles. The summed E-state index contributed by atoms with van der Waals surface area (Å²) in [5.74, 6) is 0.762. The van der Waals surface area contributed by atoms with Gasteiger partial charge in [-0.15, -0.1) is 0 Å². The molecule has 0 saturated carbocycles. The molecule has 0 aliphatic carbocycles. The number of ether oxygens (including phenoxy) is 1. The summed E-state index contributed by atoms with van der Waals surface area (Å²) in [6.07, 6.45) is 7.03. The number of aryl methyl sites for hydroxylation is 1. The van der Waals surface area contributed by atoms with Gasteiger partial charge in [0.05, 0.1) is 12.4 Å². The van der Waals surface area contributed by atoms with Gasteiger partial charge in [0.25, 0.3) is 0 Å². The van der Waals surface area contributed by atoms with E-state index >= 15 is 0 Å². The first-order valence-corrected chi connectivity index (χ1v) is 5.24. The highest BCUT2D eigenvalue weighted by molar-refractivity contribution is 9.10. The first kappa shape index (κ1) is 10.2. The third-order valence-electron chi connectivity index (χ3n) is 1.85. The Labute approximate surface area is 96.0 Å². The number of hydrogen-bond donors (Lipinski definition) is 0. The average Bonchev–Trinajstić information content (AvgIpc) is 2.62. The number of aromatic nitrogens is 3. The van der Waals surface area contributed by atoms with E-state index in [4.69, 9.17) is 4.74 Å². The Balaban J connectivity index is 1.99. The zero-order valence-electron chi connectivity index (χ0n) is 8.22. The van der Waals surface area contributed by atoms with Crippen LogP contribution in [0.15, 0.2) is 35.3 Å². The van der Waals surface area contributed by atoms with Crippen LogP contribution >= 0.6 is 15.9 Å². The van der Waals surface area contributed by atoms with Gasteiger partial charge in [-0.2, -0.15) is 5.10 Å². The van der Waals surface area contributed by atoms with E-state index in [1.54, 1.807) is 23.3 Å². The quantitative estimate of drug-likeness (QED) is 0.856. The molecule has 0 unspecified atom stereocenters. The van der Waals surface area contributed by atoms with E-state index in [2.05, 4.69) is 26.0 Å². The Hall–Kier alpha value is -1.36. The number of hydrogen-bond acceptors (Lipinski definition) is 3. The third-order valence-corrected chi connectivity index (χ3v) is 2.28. The normalized spacial score (nSPS) is 10.3. The Bertz CT molecular complexity index is 455. The summed E-state index contributed by atoms with van der Waals surface area (Å²) in [5.41, 5.74) is 1.02. The molecule has 0 saturated heterocycles. The zero-order chi connectivity index (χ0) is 10.7. The number of pyridine rings is 1. The van der Waals surface area contributed by atoms with Gasteiger partial charge in [-0.3, -0.25) is 9.67 Å². The van der Waals surface area contributed by atoms with Crippen LogP contribution in [0.4, 0.5) is 0 Å². The lowest BCUT2D eigenvalue weighted by Crippen LogP contribution is -1.95. The maximum atomic E-state index is 5.52. The van der Waals surface area contributed by atoms with E-state index in [0.29, 0.717) is 6.61 Å². The highest BCUT2D eigenvalue weighted by Crippen LogP contribution is 2.13. The number of rotatable bonds is 3. The summed E-state index contributed by atoms with van der Waals surface area (Å²) < 4.78 is 8.18. The molecule has 0 aromatic carbocycles. The van der Waals surface area contributed by atoms with Gasteiger partial charge in [0, 0.05) is 29.5 Å². The van der Waals surface area contributed by atoms with Gasteiger partial charge < -0.3 is 4.74 Å². The Morgan fingerprint density at radius 1 is 1.40 bits per heavy atom. The highest BCUT2D eigenvalue weighted by Gasteiger charge is 1.99. The fourth-order valence-corrected chi connectivity index (χ4v) is 1.59. The van der Waals surface area contributed by atoms with Crippen LogP contribution < -0.4 is 4.74 Å². The van der Waals surface area contributed by atoms with Crippen molar-refractivity contribution in [2.45, 2.75) is 6.61 Å². The van der Waals surface area contributed by atoms with Crippen molar-refractivity contribution >= 4 is 15.9 Å². The molecule has 0 N–H and O–H groups in total. The highest BCUT2D eigenvalue weighted by atomic mass is 79.9. The predicted molar refractivity (Wildman–Crippen MR) is 59.5 cm³/mol. The summed E-state index contributed by atoms with van der Waals surface area (Å²) in [4.78, 5) is 4.05. The van der Waals surface area contributed by atoms with Crippen molar-refractivity contribution in [2.75, 3.05) is 0 Å². The van der Waals surface area contributed by atoms with Crippen LogP contribution in [-0.2, 0) is 13.7 Å². The van der Waals surface area contributed by atoms with E-state index in [-0.39, 0.29) is 0 Å². The van der Waals surface area contributed by atoms with Gasteiger partial charge in [0.1, 0.15) is 6.61 Å². The molecule has 2 aromatic rings. The van der Waals surface area contributed by atoms with Crippen molar-refractivity contribution in [1.29, 1.82) is 0 Å². The van der Waals surface area contributed by atoms with Crippen LogP contribution in [0.3, 0.4) is 0 Å². The van der Waals surface area contributed by atoms with E-state index in [9.17, 15) is 0 Å². The van der Waals surface area contributed by atoms with E-state index in [1.807, 2.05) is 19.3 Å². The lowest BCUT2D eigenvalue weighted by molar-refractivity contribution is 0.305. The van der Waals surface area contributed by atoms with Gasteiger partial charge in [-0.1, -0.05) is 0 Å². The Kier molecular flexibility index (Phi) is 3.01. The average molecular weight is 268 g/mol. The molecule has 0 aliphatic rings. The first-order chi connectivity index (χ1) is 7.24. The van der Waals surface area contributed by atoms with Crippen LogP contribution in [0.5, 0.6) is 5.75 Å². The molecule has 5 heteroatoms. The van der Waals surface area contributed by atoms with Crippen LogP contribution in [0.2, 0.25) is 0 Å². The minimum atomic E-state index is 0.498. The lowest BCUT2D eigenvalue weighted by Gasteiger charge is -2.02. The number of halogens is 1. The van der Waals surface area contributed by atoms with Gasteiger partial charge in [0.2, 0.25) is 0 Å². The van der Waals surface area contributed by atoms with Crippen LogP contribution in [-0.4, -0.2) is 14.8 Å². The van der Waals surface area contributed by atoms with Crippen molar-refractivity contribution in [3.8, 4) is 5.75 Å². The molecule has 0 spiro atoms. The molecule has 0 fully saturated rings. The van der Waals surface area contributed by atoms with E-state index in [0.717, 1.165) is 15.8 Å². The summed E-state index contributed by atoms with van der Waals surface area (Å²) in [5, 5.41) is 4.01. The van der Waals surface area contributed by atoms with Gasteiger partial charge in [0.15, 0.2) is 5.75 Å². The molecule has 2 heterocycles. The van der Waals surface area contributed by atoms with Crippen molar-refractivity contribution in [3.63, 3.8) is 0 Å². The minimum Gasteiger partial charge on any atom is -0.486 e. The molecule has 0 atom stereocenters. The second-order valence-corrected chi connectivity index (χ2v) is 4.07. The van der Waals surface area contributed by atoms with Gasteiger partial charge in [-0.05, 0) is 22.0 Å². The standard InChI is InChI=1S/C10H10BrN3O/c1-14-6-10(5-13-14)15-7-8-2-9(11)4-12-3-8/h2-6H,7H2,1H3. The smallest absolute Gasteiger partial charge is 0.157 e. The molecule has 2 aromatic heterocycles. The molecule has 0 radical (unpaired) electrons. The molecular weight excluding hydrogens is 258 g/mol. The Morgan fingerprint density at radius 3 is 2.93 bits per heavy atom. The second kappa shape index (κ2) is 4.44. The molecule has 0 bridgehead atoms. The summed E-state index contributed by atoms with van der Waals surface area (Å²) in [6.45, 7) is 0.498. The summed E-state index contributed by atoms with van der Waals surface area (Å²) in [6, 6.07) is 1.98. The summed E-state index contributed by atoms with van der Waals surface area (Å²) >= 11 is 3.36. The van der Waals surface area contributed by atoms with Crippen molar-refractivity contribution in [2.24, 2.45) is 7.05 Å². The molecule has 15 heavy (non-hydrogen) atoms. The fourth-order valence-electron chi connectivity index (χ4n) is 1.17. The van der Waals surface area contributed by atoms with Crippen molar-refractivity contribution < 1.29 is 4.74 Å². The topological polar surface area (TPSA) is 39.9 Å². The molecule has 2 rings (SSSR count). The van der Waals surface area contributed by atoms with Crippen molar-refractivity contribution in [3.05, 3.63) is 40.9 Å². The predicted octanol–water partition coefficient (Wildman–Crippen LogP) is 2.16. The first-order valence-electron chi connectivity index (χ1n) is 4.45. The maximum absolute atomic E-state index is 5.52. The SMILES string of the molecule is Cn1cc(OCc2cncc(Br)c2)cn1. The van der Waals surface area contributed by atoms with Crippen molar-refractivity contribution in [1.82, 2.24) is 14.8 Å². The molecule has 78 valence electrons. The molecular formula is C10H10BrN3O. The lowest BCUT2D eigenvalue weighted by atomic mass is 10.3. The number of nitrogens with zero attached hydrogens (tertiary/aromatic N) is 3. The molecule has 0 amide bonds. The van der Waals surface area contributed by atoms with Gasteiger partial charge >= 0.3 is 0 Å². The minimum absolute atomic E-state index is 0.498. The Morgan fingerprint density at radius 2 is 2.27 bits per heavy atom. The second-order valence-electron chi connectivity index (χ2n) is 3.15. The summed E-state index contributed by atoms with van der Waals surface area (Å²) in [7, 11) is 1.85.